The highest BCUT2D eigenvalue weighted by molar-refractivity contribution is 6.63. The van der Waals surface area contributed by atoms with E-state index in [9.17, 15) is 26.3 Å². The van der Waals surface area contributed by atoms with Crippen molar-refractivity contribution < 1.29 is 92.5 Å². The summed E-state index contributed by atoms with van der Waals surface area (Å²) in [5, 5.41) is 0. The Hall–Kier alpha value is -0.549. The summed E-state index contributed by atoms with van der Waals surface area (Å²) >= 11 is 0. The third-order valence-corrected chi connectivity index (χ3v) is 17.1. The second-order valence-corrected chi connectivity index (χ2v) is 19.5. The molecule has 1 unspecified atom stereocenters. The average Bonchev–Trinajstić information content (AvgIpc) is 3.04. The Morgan fingerprint density at radius 3 is 1.08 bits per heavy atom. The van der Waals surface area contributed by atoms with Gasteiger partial charge in [0, 0.05) is 91.4 Å². The summed E-state index contributed by atoms with van der Waals surface area (Å²) in [7, 11) is -9.43. The standard InChI is InChI=1S/C27H50F12O9Si3/c1-10-43-50(44-11-2,45-12-3)19-17-22(28,29)24(32,33)26(36,37)27(38,39)25(34,35)23(30,31)20-21(16-18-49(40-7,41-8)42-9)51(46-13-4,47-14-5)48-15-6/h21H,10-20H2,1-9H3. The van der Waals surface area contributed by atoms with E-state index in [1.165, 1.54) is 41.5 Å². The molecule has 0 radical (unpaired) electrons. The molecule has 0 aliphatic rings. The van der Waals surface area contributed by atoms with Crippen molar-refractivity contribution in [2.75, 3.05) is 61.0 Å². The van der Waals surface area contributed by atoms with Crippen LogP contribution in [0.15, 0.2) is 0 Å². The first-order valence-corrected chi connectivity index (χ1v) is 21.7. The molecule has 308 valence electrons. The molecule has 24 heteroatoms. The summed E-state index contributed by atoms with van der Waals surface area (Å²) in [5.41, 5.74) is -2.13. The molecule has 0 heterocycles. The van der Waals surface area contributed by atoms with Crippen LogP contribution < -0.4 is 0 Å². The number of rotatable bonds is 29. The summed E-state index contributed by atoms with van der Waals surface area (Å²) < 4.78 is 229. The molecule has 0 fully saturated rings. The van der Waals surface area contributed by atoms with Crippen LogP contribution in [0.25, 0.3) is 0 Å². The van der Waals surface area contributed by atoms with E-state index in [0.717, 1.165) is 21.3 Å². The van der Waals surface area contributed by atoms with Gasteiger partial charge in [0.05, 0.1) is 0 Å². The van der Waals surface area contributed by atoms with E-state index in [0.29, 0.717) is 0 Å². The van der Waals surface area contributed by atoms with Crippen molar-refractivity contribution in [1.82, 2.24) is 0 Å². The zero-order valence-electron chi connectivity index (χ0n) is 30.1. The van der Waals surface area contributed by atoms with Crippen LogP contribution in [0.4, 0.5) is 52.7 Å². The van der Waals surface area contributed by atoms with Crippen molar-refractivity contribution in [3.63, 3.8) is 0 Å². The molecule has 0 aromatic rings. The summed E-state index contributed by atoms with van der Waals surface area (Å²) in [6.07, 6.45) is -5.63. The van der Waals surface area contributed by atoms with Crippen LogP contribution in [-0.4, -0.2) is 123 Å². The molecule has 0 amide bonds. The summed E-state index contributed by atoms with van der Waals surface area (Å²) in [6.45, 7) is 5.97. The molecule has 0 spiro atoms. The summed E-state index contributed by atoms with van der Waals surface area (Å²) in [6, 6.07) is -1.84. The number of alkyl halides is 12. The highest BCUT2D eigenvalue weighted by Crippen LogP contribution is 2.62. The zero-order chi connectivity index (χ0) is 40.2. The van der Waals surface area contributed by atoms with Crippen molar-refractivity contribution in [1.29, 1.82) is 0 Å². The molecular weight excluding hydrogens is 781 g/mol. The maximum atomic E-state index is 15.6. The first-order chi connectivity index (χ1) is 23.3. The normalized spacial score (nSPS) is 15.5. The molecular formula is C27H50F12O9Si3. The topological polar surface area (TPSA) is 83.1 Å². The van der Waals surface area contributed by atoms with Gasteiger partial charge in [-0.15, -0.1) is 0 Å². The highest BCUT2D eigenvalue weighted by atomic mass is 28.4. The van der Waals surface area contributed by atoms with Gasteiger partial charge in [0.15, 0.2) is 0 Å². The molecule has 0 aromatic carbocycles. The lowest BCUT2D eigenvalue weighted by Gasteiger charge is -2.43. The molecule has 0 aliphatic heterocycles. The van der Waals surface area contributed by atoms with E-state index in [1.807, 2.05) is 0 Å². The largest absolute Gasteiger partial charge is 0.504 e. The van der Waals surface area contributed by atoms with Gasteiger partial charge in [-0.05, 0) is 48.0 Å². The first kappa shape index (κ1) is 50.5. The van der Waals surface area contributed by atoms with Crippen molar-refractivity contribution >= 4 is 26.4 Å². The summed E-state index contributed by atoms with van der Waals surface area (Å²) in [5.74, 6) is -42.8. The fourth-order valence-corrected chi connectivity index (χ4v) is 13.0. The quantitative estimate of drug-likeness (QED) is 0.0547. The maximum absolute atomic E-state index is 15.6. The lowest BCUT2D eigenvalue weighted by Crippen LogP contribution is -2.71. The van der Waals surface area contributed by atoms with Gasteiger partial charge in [0.1, 0.15) is 0 Å². The third-order valence-electron chi connectivity index (χ3n) is 7.71. The Bertz CT molecular complexity index is 973. The average molecular weight is 831 g/mol. The van der Waals surface area contributed by atoms with Gasteiger partial charge in [0.2, 0.25) is 0 Å². The van der Waals surface area contributed by atoms with Crippen LogP contribution >= 0.6 is 0 Å². The van der Waals surface area contributed by atoms with Crippen LogP contribution in [0.3, 0.4) is 0 Å². The monoisotopic (exact) mass is 830 g/mol. The predicted octanol–water partition coefficient (Wildman–Crippen LogP) is 8.31. The smallest absolute Gasteiger partial charge is 0.377 e. The highest BCUT2D eigenvalue weighted by Gasteiger charge is 2.90. The molecule has 9 nitrogen and oxygen atoms in total. The van der Waals surface area contributed by atoms with Gasteiger partial charge in [-0.1, -0.05) is 0 Å². The SMILES string of the molecule is CCO[Si](CCC(F)(F)C(F)(F)C(F)(F)C(F)(F)C(F)(F)C(F)(F)CC(CC[Si](OC)(OC)OC)[Si](OCC)(OCC)OCC)(OCC)OCC. The number of hydrogen-bond donors (Lipinski definition) is 0. The van der Waals surface area contributed by atoms with E-state index in [-0.39, 0.29) is 39.6 Å². The van der Waals surface area contributed by atoms with Gasteiger partial charge < -0.3 is 39.8 Å². The van der Waals surface area contributed by atoms with Crippen LogP contribution in [-0.2, 0) is 39.8 Å². The van der Waals surface area contributed by atoms with E-state index >= 15 is 26.3 Å². The van der Waals surface area contributed by atoms with Crippen LogP contribution in [0.2, 0.25) is 17.6 Å². The molecule has 0 aromatic heterocycles. The van der Waals surface area contributed by atoms with Gasteiger partial charge >= 0.3 is 61.9 Å². The fourth-order valence-electron chi connectivity index (χ4n) is 5.15. The Morgan fingerprint density at radius 1 is 0.431 bits per heavy atom. The van der Waals surface area contributed by atoms with Crippen molar-refractivity contribution in [2.24, 2.45) is 0 Å². The predicted molar refractivity (Wildman–Crippen MR) is 165 cm³/mol. The lowest BCUT2D eigenvalue weighted by molar-refractivity contribution is -0.425. The minimum Gasteiger partial charge on any atom is -0.377 e. The molecule has 0 bridgehead atoms. The Morgan fingerprint density at radius 2 is 0.765 bits per heavy atom. The maximum Gasteiger partial charge on any atom is 0.504 e. The van der Waals surface area contributed by atoms with Gasteiger partial charge in [0.25, 0.3) is 0 Å². The second kappa shape index (κ2) is 19.9. The molecule has 0 rings (SSSR count). The molecule has 0 saturated heterocycles. The van der Waals surface area contributed by atoms with E-state index in [4.69, 9.17) is 39.8 Å². The molecule has 51 heavy (non-hydrogen) atoms. The minimum atomic E-state index is -7.79. The Kier molecular flexibility index (Phi) is 19.6. The summed E-state index contributed by atoms with van der Waals surface area (Å²) in [4.78, 5) is 0. The van der Waals surface area contributed by atoms with Gasteiger partial charge in [-0.3, -0.25) is 0 Å². The van der Waals surface area contributed by atoms with Gasteiger partial charge in [-0.25, -0.2) is 0 Å². The molecule has 0 aliphatic carbocycles. The Balaban J connectivity index is 7.06. The lowest BCUT2D eigenvalue weighted by atomic mass is 9.89. The number of hydrogen-bond acceptors (Lipinski definition) is 9. The van der Waals surface area contributed by atoms with Crippen LogP contribution in [0.1, 0.15) is 60.8 Å². The fraction of sp³-hybridized carbons (Fsp3) is 1.00. The van der Waals surface area contributed by atoms with Crippen molar-refractivity contribution in [2.45, 2.75) is 114 Å². The molecule has 0 saturated carbocycles. The van der Waals surface area contributed by atoms with Crippen LogP contribution in [0.5, 0.6) is 0 Å². The first-order valence-electron chi connectivity index (χ1n) is 16.1. The molecule has 0 N–H and O–H groups in total. The van der Waals surface area contributed by atoms with Crippen molar-refractivity contribution in [3.8, 4) is 0 Å². The van der Waals surface area contributed by atoms with E-state index in [2.05, 4.69) is 0 Å². The minimum absolute atomic E-state index is 0.295. The Labute approximate surface area is 293 Å². The van der Waals surface area contributed by atoms with Gasteiger partial charge in [-0.2, -0.15) is 52.7 Å². The third kappa shape index (κ3) is 10.8. The second-order valence-electron chi connectivity index (χ2n) is 10.8. The van der Waals surface area contributed by atoms with Crippen LogP contribution in [0, 0.1) is 0 Å². The van der Waals surface area contributed by atoms with E-state index < -0.39 is 98.8 Å². The zero-order valence-corrected chi connectivity index (χ0v) is 33.1. The van der Waals surface area contributed by atoms with E-state index in [1.54, 1.807) is 0 Å². The van der Waals surface area contributed by atoms with Crippen molar-refractivity contribution in [3.05, 3.63) is 0 Å². The molecule has 1 atom stereocenters. The number of halogens is 12.